The van der Waals surface area contributed by atoms with Crippen molar-refractivity contribution in [1.82, 2.24) is 29.5 Å². The van der Waals surface area contributed by atoms with Gasteiger partial charge in [-0.3, -0.25) is 9.69 Å². The maximum atomic E-state index is 13.1. The molecule has 41 heavy (non-hydrogen) atoms. The van der Waals surface area contributed by atoms with Gasteiger partial charge < -0.3 is 10.6 Å². The summed E-state index contributed by atoms with van der Waals surface area (Å²) in [6.07, 6.45) is 0.725. The average Bonchev–Trinajstić information content (AvgIpc) is 3.37. The molecule has 6 rings (SSSR count). The second kappa shape index (κ2) is 10.6. The maximum Gasteiger partial charge on any atom is 0.416 e. The lowest BCUT2D eigenvalue weighted by molar-refractivity contribution is -0.137. The normalized spacial score (nSPS) is 17.9. The van der Waals surface area contributed by atoms with Crippen LogP contribution in [0, 0.1) is 0 Å². The van der Waals surface area contributed by atoms with Crippen LogP contribution in [0.25, 0.3) is 22.3 Å². The van der Waals surface area contributed by atoms with Crippen molar-refractivity contribution in [3.05, 3.63) is 83.7 Å². The summed E-state index contributed by atoms with van der Waals surface area (Å²) in [6, 6.07) is 12.1. The van der Waals surface area contributed by atoms with E-state index in [0.29, 0.717) is 61.7 Å². The zero-order valence-electron chi connectivity index (χ0n) is 22.4. The highest BCUT2D eigenvalue weighted by Crippen LogP contribution is 2.35. The molecule has 2 aromatic carbocycles. The van der Waals surface area contributed by atoms with E-state index in [9.17, 15) is 18.0 Å². The van der Waals surface area contributed by atoms with E-state index in [1.54, 1.807) is 11.0 Å². The number of rotatable bonds is 5. The number of hydrogen-bond donors (Lipinski definition) is 1. The summed E-state index contributed by atoms with van der Waals surface area (Å²) in [7, 11) is 0. The van der Waals surface area contributed by atoms with Gasteiger partial charge in [-0.1, -0.05) is 36.9 Å². The van der Waals surface area contributed by atoms with Crippen molar-refractivity contribution < 1.29 is 18.0 Å². The number of likely N-dealkylation sites (tertiary alicyclic amines) is 1. The Hall–Kier alpha value is -4.25. The molecule has 1 saturated heterocycles. The van der Waals surface area contributed by atoms with Crippen LogP contribution in [0.2, 0.25) is 0 Å². The molecule has 1 amide bonds. The Morgan fingerprint density at radius 1 is 1.10 bits per heavy atom. The number of anilines is 1. The van der Waals surface area contributed by atoms with Gasteiger partial charge in [-0.15, -0.1) is 0 Å². The number of alkyl halides is 3. The van der Waals surface area contributed by atoms with Gasteiger partial charge in [0.25, 0.3) is 0 Å². The van der Waals surface area contributed by atoms with Crippen LogP contribution in [0.1, 0.15) is 41.1 Å². The molecule has 2 aliphatic rings. The lowest BCUT2D eigenvalue weighted by Crippen LogP contribution is -2.40. The molecule has 2 aromatic heterocycles. The quantitative estimate of drug-likeness (QED) is 0.345. The Kier molecular flexibility index (Phi) is 6.98. The number of amides is 1. The minimum absolute atomic E-state index is 0.0494. The monoisotopic (exact) mass is 561 g/mol. The predicted octanol–water partition coefficient (Wildman–Crippen LogP) is 5.00. The highest BCUT2D eigenvalue weighted by atomic mass is 19.4. The Balaban J connectivity index is 1.22. The van der Waals surface area contributed by atoms with Crippen molar-refractivity contribution in [3.63, 3.8) is 0 Å². The van der Waals surface area contributed by atoms with Gasteiger partial charge in [0.2, 0.25) is 5.91 Å². The van der Waals surface area contributed by atoms with Crippen molar-refractivity contribution in [3.8, 4) is 11.3 Å². The third kappa shape index (κ3) is 5.29. The standard InChI is InChI=1S/C30H30F3N7O/c1-2-25(41)39-12-3-4-24(17-39)40-29-26(28(34)35-18-36-29)27(37-40)20-7-5-19(6-8-20)15-38-13-11-21-14-23(30(31,32)33)10-9-22(21)16-38/h2,5-10,14,18,24H,1,3-4,11-13,15-17H2,(H2,34,35,36). The second-order valence-electron chi connectivity index (χ2n) is 10.7. The second-order valence-corrected chi connectivity index (χ2v) is 10.7. The summed E-state index contributed by atoms with van der Waals surface area (Å²) < 4.78 is 41.1. The number of hydrogen-bond acceptors (Lipinski definition) is 6. The minimum Gasteiger partial charge on any atom is -0.383 e. The molecule has 2 aliphatic heterocycles. The number of fused-ring (bicyclic) bond motifs is 2. The molecule has 1 unspecified atom stereocenters. The van der Waals surface area contributed by atoms with Crippen LogP contribution in [0.5, 0.6) is 0 Å². The highest BCUT2D eigenvalue weighted by molar-refractivity contribution is 5.98. The largest absolute Gasteiger partial charge is 0.416 e. The zero-order chi connectivity index (χ0) is 28.7. The van der Waals surface area contributed by atoms with Gasteiger partial charge in [0, 0.05) is 38.3 Å². The third-order valence-electron chi connectivity index (χ3n) is 8.01. The van der Waals surface area contributed by atoms with E-state index in [4.69, 9.17) is 10.8 Å². The van der Waals surface area contributed by atoms with E-state index >= 15 is 0 Å². The van der Waals surface area contributed by atoms with Crippen LogP contribution in [-0.4, -0.2) is 55.1 Å². The molecule has 0 bridgehead atoms. The predicted molar refractivity (Wildman–Crippen MR) is 149 cm³/mol. The first kappa shape index (κ1) is 26.9. The van der Waals surface area contributed by atoms with Crippen molar-refractivity contribution in [2.24, 2.45) is 0 Å². The number of carbonyl (C=O) groups excluding carboxylic acids is 1. The highest BCUT2D eigenvalue weighted by Gasteiger charge is 2.32. The summed E-state index contributed by atoms with van der Waals surface area (Å²) >= 11 is 0. The van der Waals surface area contributed by atoms with E-state index in [0.717, 1.165) is 41.2 Å². The van der Waals surface area contributed by atoms with Crippen LogP contribution in [0.3, 0.4) is 0 Å². The van der Waals surface area contributed by atoms with E-state index in [2.05, 4.69) is 21.4 Å². The summed E-state index contributed by atoms with van der Waals surface area (Å²) in [5.74, 6) is 0.246. The maximum absolute atomic E-state index is 13.1. The molecular weight excluding hydrogens is 531 g/mol. The summed E-state index contributed by atoms with van der Waals surface area (Å²) in [6.45, 7) is 6.78. The first-order valence-electron chi connectivity index (χ1n) is 13.6. The first-order chi connectivity index (χ1) is 19.7. The molecule has 0 saturated carbocycles. The average molecular weight is 562 g/mol. The number of piperidine rings is 1. The fourth-order valence-corrected chi connectivity index (χ4v) is 5.88. The molecule has 1 atom stereocenters. The molecule has 0 spiro atoms. The molecular formula is C30H30F3N7O. The SMILES string of the molecule is C=CC(=O)N1CCCC(n2nc(-c3ccc(CN4CCc5cc(C(F)(F)F)ccc5C4)cc3)c3c(N)ncnc32)C1. The molecule has 2 N–H and O–H groups in total. The fraction of sp³-hybridized carbons (Fsp3) is 0.333. The summed E-state index contributed by atoms with van der Waals surface area (Å²) in [5.41, 5.74) is 10.7. The number of nitrogens with zero attached hydrogens (tertiary/aromatic N) is 6. The van der Waals surface area contributed by atoms with Crippen LogP contribution in [0.15, 0.2) is 61.4 Å². The lowest BCUT2D eigenvalue weighted by Gasteiger charge is -2.32. The number of aromatic nitrogens is 4. The molecule has 0 radical (unpaired) electrons. The lowest BCUT2D eigenvalue weighted by atomic mass is 9.96. The molecule has 8 nitrogen and oxygen atoms in total. The van der Waals surface area contributed by atoms with Crippen LogP contribution >= 0.6 is 0 Å². The Bertz CT molecular complexity index is 1610. The molecule has 1 fully saturated rings. The van der Waals surface area contributed by atoms with Crippen LogP contribution < -0.4 is 5.73 Å². The molecule has 11 heteroatoms. The Morgan fingerprint density at radius 2 is 1.90 bits per heavy atom. The number of nitrogen functional groups attached to an aromatic ring is 1. The minimum atomic E-state index is -4.33. The topological polar surface area (TPSA) is 93.2 Å². The third-order valence-corrected chi connectivity index (χ3v) is 8.01. The molecule has 4 aromatic rings. The van der Waals surface area contributed by atoms with Crippen molar-refractivity contribution in [1.29, 1.82) is 0 Å². The van der Waals surface area contributed by atoms with Gasteiger partial charge in [-0.25, -0.2) is 14.6 Å². The number of halogens is 3. The van der Waals surface area contributed by atoms with Gasteiger partial charge in [-0.2, -0.15) is 18.3 Å². The molecule has 0 aliphatic carbocycles. The number of benzene rings is 2. The van der Waals surface area contributed by atoms with Gasteiger partial charge in [0.15, 0.2) is 5.65 Å². The number of nitrogens with two attached hydrogens (primary N) is 1. The van der Waals surface area contributed by atoms with E-state index in [1.165, 1.54) is 18.5 Å². The van der Waals surface area contributed by atoms with Gasteiger partial charge in [0.1, 0.15) is 17.8 Å². The zero-order valence-corrected chi connectivity index (χ0v) is 22.4. The summed E-state index contributed by atoms with van der Waals surface area (Å²) in [5, 5.41) is 5.62. The van der Waals surface area contributed by atoms with E-state index < -0.39 is 11.7 Å². The van der Waals surface area contributed by atoms with Crippen molar-refractivity contribution >= 4 is 22.8 Å². The Morgan fingerprint density at radius 3 is 2.66 bits per heavy atom. The Labute approximate surface area is 235 Å². The fourth-order valence-electron chi connectivity index (χ4n) is 5.88. The first-order valence-corrected chi connectivity index (χ1v) is 13.6. The van der Waals surface area contributed by atoms with Crippen molar-refractivity contribution in [2.75, 3.05) is 25.4 Å². The number of carbonyl (C=O) groups is 1. The van der Waals surface area contributed by atoms with Gasteiger partial charge in [-0.05, 0) is 54.2 Å². The van der Waals surface area contributed by atoms with Crippen LogP contribution in [0.4, 0.5) is 19.0 Å². The van der Waals surface area contributed by atoms with Gasteiger partial charge >= 0.3 is 6.18 Å². The van der Waals surface area contributed by atoms with Gasteiger partial charge in [0.05, 0.1) is 17.0 Å². The van der Waals surface area contributed by atoms with E-state index in [-0.39, 0.29) is 11.9 Å². The van der Waals surface area contributed by atoms with Crippen molar-refractivity contribution in [2.45, 2.75) is 44.6 Å². The molecule has 4 heterocycles. The smallest absolute Gasteiger partial charge is 0.383 e. The van der Waals surface area contributed by atoms with Crippen LogP contribution in [-0.2, 0) is 30.5 Å². The molecule has 212 valence electrons. The van der Waals surface area contributed by atoms with E-state index in [1.807, 2.05) is 28.9 Å². The summed E-state index contributed by atoms with van der Waals surface area (Å²) in [4.78, 5) is 25.0.